The van der Waals surface area contributed by atoms with E-state index in [2.05, 4.69) is 33.9 Å². The molecule has 6 heteroatoms. The zero-order valence-electron chi connectivity index (χ0n) is 10.8. The van der Waals surface area contributed by atoms with Gasteiger partial charge in [-0.1, -0.05) is 19.7 Å². The van der Waals surface area contributed by atoms with E-state index in [-0.39, 0.29) is 0 Å². The molecule has 18 heavy (non-hydrogen) atoms. The Kier molecular flexibility index (Phi) is 19.9. The Morgan fingerprint density at radius 3 is 0.833 bits per heavy atom. The molecule has 0 amide bonds. The van der Waals surface area contributed by atoms with Crippen LogP contribution in [0.5, 0.6) is 0 Å². The van der Waals surface area contributed by atoms with Crippen LogP contribution in [0.3, 0.4) is 0 Å². The lowest BCUT2D eigenvalue weighted by Crippen LogP contribution is -1.91. The normalized spacial score (nSPS) is 6.83. The molecule has 0 rings (SSSR count). The summed E-state index contributed by atoms with van der Waals surface area (Å²) in [4.78, 5) is 29.5. The molecule has 0 aromatic rings. The first kappa shape index (κ1) is 21.0. The third-order valence-corrected chi connectivity index (χ3v) is 1.10. The number of carbonyl (C=O) groups excluding carboxylic acids is 3. The highest BCUT2D eigenvalue weighted by Crippen LogP contribution is 1.68. The number of ether oxygens (including phenoxy) is 3. The van der Waals surface area contributed by atoms with Crippen LogP contribution < -0.4 is 0 Å². The first-order valence-electron chi connectivity index (χ1n) is 4.54. The first-order chi connectivity index (χ1) is 8.42. The fourth-order valence-corrected chi connectivity index (χ4v) is 0.250. The van der Waals surface area contributed by atoms with Gasteiger partial charge in [-0.2, -0.15) is 0 Å². The minimum Gasteiger partial charge on any atom is -0.466 e. The zero-order chi connectivity index (χ0) is 15.0. The number of methoxy groups -OCH3 is 3. The van der Waals surface area contributed by atoms with Crippen molar-refractivity contribution in [2.45, 2.75) is 0 Å². The Bertz CT molecular complexity index is 245. The molecular weight excluding hydrogens is 240 g/mol. The van der Waals surface area contributed by atoms with Crippen LogP contribution in [0, 0.1) is 0 Å². The molecular formula is C12H18O6. The standard InChI is InChI=1S/3C4H6O2/c3*1-3-4(5)6-2/h3*3H,1H2,2H3. The Morgan fingerprint density at radius 1 is 0.667 bits per heavy atom. The van der Waals surface area contributed by atoms with Gasteiger partial charge in [0.2, 0.25) is 0 Å². The van der Waals surface area contributed by atoms with Crippen molar-refractivity contribution < 1.29 is 28.6 Å². The van der Waals surface area contributed by atoms with Crippen LogP contribution in [0.25, 0.3) is 0 Å². The fourth-order valence-electron chi connectivity index (χ4n) is 0.250. The molecule has 0 aromatic heterocycles. The highest BCUT2D eigenvalue weighted by Gasteiger charge is 1.82. The molecule has 0 spiro atoms. The van der Waals surface area contributed by atoms with Crippen LogP contribution in [0.1, 0.15) is 0 Å². The molecule has 102 valence electrons. The lowest BCUT2D eigenvalue weighted by molar-refractivity contribution is -0.135. The van der Waals surface area contributed by atoms with Crippen molar-refractivity contribution in [3.8, 4) is 0 Å². The molecule has 0 radical (unpaired) electrons. The molecule has 0 fully saturated rings. The number of carbonyl (C=O) groups is 3. The van der Waals surface area contributed by atoms with Crippen molar-refractivity contribution in [3.05, 3.63) is 38.0 Å². The second-order valence-corrected chi connectivity index (χ2v) is 2.18. The smallest absolute Gasteiger partial charge is 0.329 e. The molecule has 0 aromatic carbocycles. The van der Waals surface area contributed by atoms with Crippen LogP contribution in [0.2, 0.25) is 0 Å². The van der Waals surface area contributed by atoms with E-state index in [0.717, 1.165) is 18.2 Å². The molecule has 0 atom stereocenters. The van der Waals surface area contributed by atoms with Gasteiger partial charge >= 0.3 is 17.9 Å². The maximum atomic E-state index is 9.84. The highest BCUT2D eigenvalue weighted by atomic mass is 16.5. The molecule has 0 aliphatic heterocycles. The molecule has 6 nitrogen and oxygen atoms in total. The molecule has 0 saturated carbocycles. The SMILES string of the molecule is C=CC(=O)OC.C=CC(=O)OC.C=CC(=O)OC. The summed E-state index contributed by atoms with van der Waals surface area (Å²) in [6.07, 6.45) is 3.33. The summed E-state index contributed by atoms with van der Waals surface area (Å²) in [6, 6.07) is 0. The van der Waals surface area contributed by atoms with Gasteiger partial charge in [-0.05, 0) is 0 Å². The Labute approximate surface area is 107 Å². The van der Waals surface area contributed by atoms with Crippen molar-refractivity contribution in [2.24, 2.45) is 0 Å². The van der Waals surface area contributed by atoms with Gasteiger partial charge in [-0.3, -0.25) is 0 Å². The average molecular weight is 258 g/mol. The van der Waals surface area contributed by atoms with E-state index in [4.69, 9.17) is 0 Å². The summed E-state index contributed by atoms with van der Waals surface area (Å²) in [6.45, 7) is 9.47. The van der Waals surface area contributed by atoms with Crippen molar-refractivity contribution >= 4 is 17.9 Å². The predicted molar refractivity (Wildman–Crippen MR) is 66.6 cm³/mol. The minimum absolute atomic E-state index is 0.394. The van der Waals surface area contributed by atoms with E-state index in [0.29, 0.717) is 0 Å². The third kappa shape index (κ3) is 23.4. The van der Waals surface area contributed by atoms with Gasteiger partial charge in [-0.25, -0.2) is 14.4 Å². The monoisotopic (exact) mass is 258 g/mol. The topological polar surface area (TPSA) is 78.9 Å². The van der Waals surface area contributed by atoms with Crippen LogP contribution in [-0.2, 0) is 28.6 Å². The summed E-state index contributed by atoms with van der Waals surface area (Å²) in [7, 11) is 3.93. The van der Waals surface area contributed by atoms with Crippen molar-refractivity contribution in [3.63, 3.8) is 0 Å². The molecule has 0 aliphatic carbocycles. The fraction of sp³-hybridized carbons (Fsp3) is 0.250. The maximum Gasteiger partial charge on any atom is 0.329 e. The lowest BCUT2D eigenvalue weighted by atomic mass is 10.7. The summed E-state index contributed by atoms with van der Waals surface area (Å²) in [5, 5.41) is 0. The van der Waals surface area contributed by atoms with Gasteiger partial charge in [0.1, 0.15) is 0 Å². The van der Waals surface area contributed by atoms with Gasteiger partial charge in [0.15, 0.2) is 0 Å². The maximum absolute atomic E-state index is 9.84. The molecule has 0 saturated heterocycles. The van der Waals surface area contributed by atoms with E-state index in [1.807, 2.05) is 0 Å². The molecule has 0 heterocycles. The van der Waals surface area contributed by atoms with E-state index in [1.165, 1.54) is 21.3 Å². The van der Waals surface area contributed by atoms with Crippen molar-refractivity contribution in [2.75, 3.05) is 21.3 Å². The molecule has 0 aliphatic rings. The van der Waals surface area contributed by atoms with E-state index >= 15 is 0 Å². The average Bonchev–Trinajstić information content (AvgIpc) is 2.45. The van der Waals surface area contributed by atoms with Crippen molar-refractivity contribution in [1.82, 2.24) is 0 Å². The zero-order valence-corrected chi connectivity index (χ0v) is 10.8. The van der Waals surface area contributed by atoms with Gasteiger partial charge in [-0.15, -0.1) is 0 Å². The number of rotatable bonds is 3. The van der Waals surface area contributed by atoms with Gasteiger partial charge in [0.05, 0.1) is 21.3 Å². The first-order valence-corrected chi connectivity index (χ1v) is 4.54. The second-order valence-electron chi connectivity index (χ2n) is 2.18. The van der Waals surface area contributed by atoms with E-state index < -0.39 is 17.9 Å². The van der Waals surface area contributed by atoms with Crippen LogP contribution in [0.4, 0.5) is 0 Å². The summed E-state index contributed by atoms with van der Waals surface area (Å²) < 4.78 is 12.4. The predicted octanol–water partition coefficient (Wildman–Crippen LogP) is 1.04. The Morgan fingerprint density at radius 2 is 0.833 bits per heavy atom. The van der Waals surface area contributed by atoms with Gasteiger partial charge in [0, 0.05) is 18.2 Å². The highest BCUT2D eigenvalue weighted by molar-refractivity contribution is 5.81. The quantitative estimate of drug-likeness (QED) is 0.427. The second kappa shape index (κ2) is 17.0. The lowest BCUT2D eigenvalue weighted by Gasteiger charge is -1.83. The Hall–Kier alpha value is -2.37. The molecule has 0 N–H and O–H groups in total. The van der Waals surface area contributed by atoms with Crippen LogP contribution in [0.15, 0.2) is 38.0 Å². The van der Waals surface area contributed by atoms with Crippen molar-refractivity contribution in [1.29, 1.82) is 0 Å². The van der Waals surface area contributed by atoms with Gasteiger partial charge in [0.25, 0.3) is 0 Å². The largest absolute Gasteiger partial charge is 0.466 e. The van der Waals surface area contributed by atoms with E-state index in [1.54, 1.807) is 0 Å². The molecule has 0 bridgehead atoms. The third-order valence-electron chi connectivity index (χ3n) is 1.10. The number of hydrogen-bond donors (Lipinski definition) is 0. The Balaban J connectivity index is -0.000000187. The number of esters is 3. The summed E-state index contributed by atoms with van der Waals surface area (Å²) >= 11 is 0. The minimum atomic E-state index is -0.394. The van der Waals surface area contributed by atoms with Gasteiger partial charge < -0.3 is 14.2 Å². The van der Waals surface area contributed by atoms with Crippen LogP contribution in [-0.4, -0.2) is 39.2 Å². The molecule has 0 unspecified atom stereocenters. The van der Waals surface area contributed by atoms with E-state index in [9.17, 15) is 14.4 Å². The van der Waals surface area contributed by atoms with Crippen LogP contribution >= 0.6 is 0 Å². The summed E-state index contributed by atoms with van der Waals surface area (Å²) in [5.41, 5.74) is 0. The number of hydrogen-bond acceptors (Lipinski definition) is 6. The summed E-state index contributed by atoms with van der Waals surface area (Å²) in [5.74, 6) is -1.18.